The summed E-state index contributed by atoms with van der Waals surface area (Å²) < 4.78 is 20.9. The van der Waals surface area contributed by atoms with Crippen molar-refractivity contribution in [3.05, 3.63) is 64.6 Å². The highest BCUT2D eigenvalue weighted by Gasteiger charge is 2.33. The molecule has 0 bridgehead atoms. The van der Waals surface area contributed by atoms with Crippen LogP contribution in [0, 0.1) is 0 Å². The monoisotopic (exact) mass is 587 g/mol. The Morgan fingerprint density at radius 3 is 2.33 bits per heavy atom. The summed E-state index contributed by atoms with van der Waals surface area (Å²) in [6, 6.07) is 14.2. The van der Waals surface area contributed by atoms with Crippen LogP contribution in [0.25, 0.3) is 22.2 Å². The van der Waals surface area contributed by atoms with Gasteiger partial charge in [-0.2, -0.15) is 5.10 Å². The molecule has 3 aromatic heterocycles. The number of aromatic nitrogens is 5. The molecule has 0 unspecified atom stereocenters. The van der Waals surface area contributed by atoms with Gasteiger partial charge in [0.25, 0.3) is 5.56 Å². The second kappa shape index (κ2) is 12.8. The molecule has 43 heavy (non-hydrogen) atoms. The summed E-state index contributed by atoms with van der Waals surface area (Å²) in [4.78, 5) is 18.7. The highest BCUT2D eigenvalue weighted by atomic mass is 16.5. The lowest BCUT2D eigenvalue weighted by atomic mass is 9.93. The zero-order valence-corrected chi connectivity index (χ0v) is 25.4. The predicted octanol–water partition coefficient (Wildman–Crippen LogP) is 4.03. The van der Waals surface area contributed by atoms with E-state index in [-0.39, 0.29) is 29.9 Å². The summed E-state index contributed by atoms with van der Waals surface area (Å²) in [5.74, 6) is 1.34. The van der Waals surface area contributed by atoms with Crippen molar-refractivity contribution in [1.82, 2.24) is 29.4 Å². The van der Waals surface area contributed by atoms with E-state index in [0.717, 1.165) is 79.8 Å². The van der Waals surface area contributed by atoms with Crippen LogP contribution < -0.4 is 15.6 Å². The number of nitrogens with one attached hydrogen (secondary N) is 1. The van der Waals surface area contributed by atoms with Crippen LogP contribution in [0.4, 0.5) is 5.82 Å². The van der Waals surface area contributed by atoms with Crippen molar-refractivity contribution < 1.29 is 14.2 Å². The largest absolute Gasteiger partial charge is 0.473 e. The number of hydrogen-bond donors (Lipinski definition) is 1. The van der Waals surface area contributed by atoms with E-state index in [2.05, 4.69) is 62.2 Å². The minimum Gasteiger partial charge on any atom is -0.473 e. The van der Waals surface area contributed by atoms with E-state index in [4.69, 9.17) is 19.3 Å². The third-order valence-electron chi connectivity index (χ3n) is 8.69. The quantitative estimate of drug-likeness (QED) is 0.294. The fourth-order valence-electron chi connectivity index (χ4n) is 6.35. The molecule has 2 aliphatic rings. The second-order valence-electron chi connectivity index (χ2n) is 11.5. The average Bonchev–Trinajstić information content (AvgIpc) is 3.61. The van der Waals surface area contributed by atoms with Crippen LogP contribution >= 0.6 is 0 Å². The molecule has 4 aromatic rings. The van der Waals surface area contributed by atoms with Crippen molar-refractivity contribution in [2.45, 2.75) is 63.5 Å². The minimum absolute atomic E-state index is 0.0584. The van der Waals surface area contributed by atoms with Gasteiger partial charge in [-0.3, -0.25) is 14.4 Å². The normalized spacial score (nSPS) is 22.7. The number of nitrogens with zero attached hydrogens (tertiary/aromatic N) is 6. The number of fused-ring (bicyclic) bond motifs is 1. The zero-order valence-electron chi connectivity index (χ0n) is 25.4. The van der Waals surface area contributed by atoms with Gasteiger partial charge in [0.2, 0.25) is 5.88 Å². The predicted molar refractivity (Wildman–Crippen MR) is 165 cm³/mol. The first-order valence-electron chi connectivity index (χ1n) is 15.2. The van der Waals surface area contributed by atoms with Crippen molar-refractivity contribution >= 4 is 16.7 Å². The number of ether oxygens (including phenoxy) is 3. The van der Waals surface area contributed by atoms with Gasteiger partial charge in [-0.15, -0.1) is 5.10 Å². The number of rotatable bonds is 10. The molecule has 2 fully saturated rings. The summed E-state index contributed by atoms with van der Waals surface area (Å²) in [5.41, 5.74) is 4.21. The summed E-state index contributed by atoms with van der Waals surface area (Å²) in [5, 5.41) is 13.8. The van der Waals surface area contributed by atoms with E-state index in [0.29, 0.717) is 5.88 Å². The number of aryl methyl sites for hydroxylation is 1. The van der Waals surface area contributed by atoms with Crippen LogP contribution in [-0.2, 0) is 23.1 Å². The Bertz CT molecular complexity index is 1580. The molecule has 1 saturated heterocycles. The SMILES string of the molecule is CCNc1cc2c(cn1)c(-c1ccc(CN3C[C@@H](OC)[C@H](OC)C3)cc1)nn2C1CCC(Oc2ccc(=O)n(C)n2)CC1. The molecule has 1 N–H and O–H groups in total. The molecule has 6 rings (SSSR count). The Balaban J connectivity index is 1.20. The molecule has 0 amide bonds. The minimum atomic E-state index is -0.148. The Morgan fingerprint density at radius 1 is 0.953 bits per heavy atom. The van der Waals surface area contributed by atoms with Crippen molar-refractivity contribution in [3.8, 4) is 17.1 Å². The molecular weight excluding hydrogens is 546 g/mol. The number of pyridine rings is 1. The highest BCUT2D eigenvalue weighted by Crippen LogP contribution is 2.36. The molecule has 11 heteroatoms. The van der Waals surface area contributed by atoms with Crippen molar-refractivity contribution in [1.29, 1.82) is 0 Å². The molecule has 1 aromatic carbocycles. The highest BCUT2D eigenvalue weighted by molar-refractivity contribution is 5.94. The van der Waals surface area contributed by atoms with Gasteiger partial charge in [-0.1, -0.05) is 24.3 Å². The summed E-state index contributed by atoms with van der Waals surface area (Å²) in [6.07, 6.45) is 5.85. The van der Waals surface area contributed by atoms with E-state index in [9.17, 15) is 4.79 Å². The first-order chi connectivity index (χ1) is 20.9. The molecule has 228 valence electrons. The number of methoxy groups -OCH3 is 2. The summed E-state index contributed by atoms with van der Waals surface area (Å²) in [7, 11) is 5.14. The van der Waals surface area contributed by atoms with E-state index in [1.807, 2.05) is 6.20 Å². The standard InChI is InChI=1S/C32H41N7O4/c1-5-33-29-16-26-25(17-34-29)32(22-8-6-21(7-9-22)18-38-19-27(41-3)28(20-38)42-4)36-39(26)23-10-12-24(13-11-23)43-30-14-15-31(40)37(2)35-30/h6-9,14-17,23-24,27-28H,5,10-13,18-20H2,1-4H3,(H,33,34)/t23?,24?,27-,28-/m1/s1. The molecule has 11 nitrogen and oxygen atoms in total. The number of hydrogen-bond acceptors (Lipinski definition) is 9. The summed E-state index contributed by atoms with van der Waals surface area (Å²) in [6.45, 7) is 5.45. The van der Waals surface area contributed by atoms with Gasteiger partial charge in [-0.25, -0.2) is 9.67 Å². The van der Waals surface area contributed by atoms with Gasteiger partial charge in [0, 0.05) is 82.8 Å². The molecule has 1 aliphatic heterocycles. The maximum Gasteiger partial charge on any atom is 0.266 e. The third-order valence-corrected chi connectivity index (χ3v) is 8.69. The maximum atomic E-state index is 11.7. The maximum absolute atomic E-state index is 11.7. The topological polar surface area (TPSA) is 109 Å². The van der Waals surface area contributed by atoms with Crippen molar-refractivity contribution in [3.63, 3.8) is 0 Å². The van der Waals surface area contributed by atoms with Gasteiger partial charge < -0.3 is 19.5 Å². The Morgan fingerprint density at radius 2 is 1.67 bits per heavy atom. The van der Waals surface area contributed by atoms with Crippen LogP contribution in [-0.4, -0.2) is 81.6 Å². The molecule has 1 aliphatic carbocycles. The fraction of sp³-hybridized carbons (Fsp3) is 0.500. The van der Waals surface area contributed by atoms with Gasteiger partial charge in [-0.05, 0) is 38.2 Å². The lowest BCUT2D eigenvalue weighted by Crippen LogP contribution is -2.27. The van der Waals surface area contributed by atoms with Crippen molar-refractivity contribution in [2.75, 3.05) is 39.2 Å². The van der Waals surface area contributed by atoms with Crippen LogP contribution in [0.2, 0.25) is 0 Å². The first kappa shape index (κ1) is 29.3. The van der Waals surface area contributed by atoms with E-state index in [1.165, 1.54) is 16.3 Å². The Labute approximate surface area is 251 Å². The van der Waals surface area contributed by atoms with E-state index in [1.54, 1.807) is 27.3 Å². The van der Waals surface area contributed by atoms with Gasteiger partial charge in [0.05, 0.1) is 23.8 Å². The molecule has 1 saturated carbocycles. The third kappa shape index (κ3) is 6.29. The lowest BCUT2D eigenvalue weighted by molar-refractivity contribution is -0.00461. The van der Waals surface area contributed by atoms with Gasteiger partial charge in [0.15, 0.2) is 0 Å². The van der Waals surface area contributed by atoms with Crippen molar-refractivity contribution in [2.24, 2.45) is 7.05 Å². The van der Waals surface area contributed by atoms with Crippen LogP contribution in [0.15, 0.2) is 53.5 Å². The van der Waals surface area contributed by atoms with Crippen LogP contribution in [0.5, 0.6) is 5.88 Å². The fourth-order valence-corrected chi connectivity index (χ4v) is 6.35. The lowest BCUT2D eigenvalue weighted by Gasteiger charge is -2.29. The van der Waals surface area contributed by atoms with Crippen LogP contribution in [0.3, 0.4) is 0 Å². The van der Waals surface area contributed by atoms with Gasteiger partial charge in [0.1, 0.15) is 17.6 Å². The van der Waals surface area contributed by atoms with E-state index < -0.39 is 0 Å². The van der Waals surface area contributed by atoms with Gasteiger partial charge >= 0.3 is 0 Å². The average molecular weight is 588 g/mol. The zero-order chi connectivity index (χ0) is 29.9. The number of benzene rings is 1. The molecule has 4 heterocycles. The molecule has 0 radical (unpaired) electrons. The Hall–Kier alpha value is -3.80. The molecular formula is C32H41N7O4. The van der Waals surface area contributed by atoms with Crippen LogP contribution in [0.1, 0.15) is 44.2 Å². The number of anilines is 1. The molecule has 0 spiro atoms. The molecule has 2 atom stereocenters. The Kier molecular flexibility index (Phi) is 8.73. The summed E-state index contributed by atoms with van der Waals surface area (Å²) >= 11 is 0. The second-order valence-corrected chi connectivity index (χ2v) is 11.5. The smallest absolute Gasteiger partial charge is 0.266 e. The number of likely N-dealkylation sites (tertiary alicyclic amines) is 1. The van der Waals surface area contributed by atoms with E-state index >= 15 is 0 Å². The first-order valence-corrected chi connectivity index (χ1v) is 15.2.